The molecule has 0 N–H and O–H groups in total. The van der Waals surface area contributed by atoms with Crippen LogP contribution in [0.15, 0.2) is 45.6 Å². The summed E-state index contributed by atoms with van der Waals surface area (Å²) in [5, 5.41) is 0. The molecule has 23 heavy (non-hydrogen) atoms. The molecule has 124 valence electrons. The first-order chi connectivity index (χ1) is 11.2. The van der Waals surface area contributed by atoms with E-state index in [1.165, 1.54) is 5.56 Å². The SMILES string of the molecule is CCCCN(CCCC)c1ccc(-c2ccc(C)cc2)oc1=O. The fourth-order valence-electron chi connectivity index (χ4n) is 2.57. The fourth-order valence-corrected chi connectivity index (χ4v) is 2.57. The molecule has 0 bridgehead atoms. The maximum Gasteiger partial charge on any atom is 0.360 e. The van der Waals surface area contributed by atoms with Gasteiger partial charge in [0.05, 0.1) is 0 Å². The third-order valence-corrected chi connectivity index (χ3v) is 4.04. The van der Waals surface area contributed by atoms with Crippen molar-refractivity contribution in [3.05, 3.63) is 52.4 Å². The van der Waals surface area contributed by atoms with E-state index < -0.39 is 0 Å². The average Bonchev–Trinajstić information content (AvgIpc) is 2.56. The molecule has 0 aliphatic heterocycles. The number of anilines is 1. The maximum absolute atomic E-state index is 12.4. The lowest BCUT2D eigenvalue weighted by Gasteiger charge is -2.23. The molecular formula is C20H27NO2. The van der Waals surface area contributed by atoms with E-state index in [1.54, 1.807) is 0 Å². The largest absolute Gasteiger partial charge is 0.421 e. The van der Waals surface area contributed by atoms with E-state index in [9.17, 15) is 4.79 Å². The molecule has 0 saturated carbocycles. The lowest BCUT2D eigenvalue weighted by molar-refractivity contribution is 0.520. The molecule has 1 aromatic carbocycles. The Morgan fingerprint density at radius 1 is 0.913 bits per heavy atom. The predicted octanol–water partition coefficient (Wildman–Crippen LogP) is 5.02. The van der Waals surface area contributed by atoms with Crippen LogP contribution in [0, 0.1) is 6.92 Å². The summed E-state index contributed by atoms with van der Waals surface area (Å²) in [6.07, 6.45) is 4.41. The number of rotatable bonds is 8. The summed E-state index contributed by atoms with van der Waals surface area (Å²) < 4.78 is 5.58. The van der Waals surface area contributed by atoms with Gasteiger partial charge in [-0.2, -0.15) is 0 Å². The molecule has 0 atom stereocenters. The molecule has 2 aromatic rings. The zero-order chi connectivity index (χ0) is 16.7. The topological polar surface area (TPSA) is 33.5 Å². The molecule has 2 rings (SSSR count). The van der Waals surface area contributed by atoms with Crippen LogP contribution in [0.5, 0.6) is 0 Å². The maximum atomic E-state index is 12.4. The van der Waals surface area contributed by atoms with Gasteiger partial charge in [0.1, 0.15) is 11.4 Å². The fraction of sp³-hybridized carbons (Fsp3) is 0.450. The zero-order valence-corrected chi connectivity index (χ0v) is 14.5. The molecule has 0 amide bonds. The summed E-state index contributed by atoms with van der Waals surface area (Å²) in [5.74, 6) is 0.629. The normalized spacial score (nSPS) is 10.7. The Hall–Kier alpha value is -2.03. The van der Waals surface area contributed by atoms with Gasteiger partial charge in [-0.3, -0.25) is 0 Å². The number of nitrogens with zero attached hydrogens (tertiary/aromatic N) is 1. The molecule has 0 aliphatic rings. The molecule has 3 heteroatoms. The van der Waals surface area contributed by atoms with E-state index in [4.69, 9.17) is 4.42 Å². The zero-order valence-electron chi connectivity index (χ0n) is 14.5. The van der Waals surface area contributed by atoms with Gasteiger partial charge in [-0.1, -0.05) is 56.5 Å². The van der Waals surface area contributed by atoms with Crippen molar-refractivity contribution in [3.63, 3.8) is 0 Å². The smallest absolute Gasteiger partial charge is 0.360 e. The Morgan fingerprint density at radius 2 is 1.52 bits per heavy atom. The van der Waals surface area contributed by atoms with Crippen LogP contribution in [-0.2, 0) is 0 Å². The average molecular weight is 313 g/mol. The third-order valence-electron chi connectivity index (χ3n) is 4.04. The number of hydrogen-bond donors (Lipinski definition) is 0. The molecule has 1 heterocycles. The minimum absolute atomic E-state index is 0.240. The highest BCUT2D eigenvalue weighted by Gasteiger charge is 2.12. The second-order valence-electron chi connectivity index (χ2n) is 6.03. The van der Waals surface area contributed by atoms with Crippen LogP contribution in [-0.4, -0.2) is 13.1 Å². The van der Waals surface area contributed by atoms with E-state index >= 15 is 0 Å². The number of unbranched alkanes of at least 4 members (excludes halogenated alkanes) is 2. The molecule has 3 nitrogen and oxygen atoms in total. The molecule has 0 spiro atoms. The highest BCUT2D eigenvalue weighted by atomic mass is 16.4. The quantitative estimate of drug-likeness (QED) is 0.686. The summed E-state index contributed by atoms with van der Waals surface area (Å²) in [5.41, 5.74) is 2.57. The summed E-state index contributed by atoms with van der Waals surface area (Å²) >= 11 is 0. The third kappa shape index (κ3) is 4.72. The molecule has 0 radical (unpaired) electrons. The minimum atomic E-state index is -0.240. The Labute approximate surface area is 138 Å². The first-order valence-electron chi connectivity index (χ1n) is 8.61. The Morgan fingerprint density at radius 3 is 2.04 bits per heavy atom. The molecule has 0 aliphatic carbocycles. The number of hydrogen-bond acceptors (Lipinski definition) is 3. The Bertz CT molecular complexity index is 650. The van der Waals surface area contributed by atoms with Crippen molar-refractivity contribution in [3.8, 4) is 11.3 Å². The van der Waals surface area contributed by atoms with Crippen molar-refractivity contribution in [2.75, 3.05) is 18.0 Å². The van der Waals surface area contributed by atoms with Gasteiger partial charge in [0.15, 0.2) is 0 Å². The van der Waals surface area contributed by atoms with Crippen LogP contribution in [0.4, 0.5) is 5.69 Å². The van der Waals surface area contributed by atoms with Gasteiger partial charge in [-0.15, -0.1) is 0 Å². The second kappa shape index (κ2) is 8.56. The standard InChI is InChI=1S/C20H27NO2/c1-4-6-14-21(15-7-5-2)18-12-13-19(23-20(18)22)17-10-8-16(3)9-11-17/h8-13H,4-7,14-15H2,1-3H3. The van der Waals surface area contributed by atoms with Crippen LogP contribution < -0.4 is 10.5 Å². The van der Waals surface area contributed by atoms with Crippen molar-refractivity contribution >= 4 is 5.69 Å². The van der Waals surface area contributed by atoms with Gasteiger partial charge in [0.25, 0.3) is 0 Å². The summed E-state index contributed by atoms with van der Waals surface area (Å²) in [4.78, 5) is 14.6. The van der Waals surface area contributed by atoms with Crippen molar-refractivity contribution < 1.29 is 4.42 Å². The van der Waals surface area contributed by atoms with Crippen molar-refractivity contribution in [2.45, 2.75) is 46.5 Å². The second-order valence-corrected chi connectivity index (χ2v) is 6.03. The van der Waals surface area contributed by atoms with Gasteiger partial charge in [-0.25, -0.2) is 4.79 Å². The first kappa shape index (κ1) is 17.3. The molecule has 0 unspecified atom stereocenters. The lowest BCUT2D eigenvalue weighted by Crippen LogP contribution is -2.29. The molecule has 0 fully saturated rings. The van der Waals surface area contributed by atoms with Crippen LogP contribution in [0.2, 0.25) is 0 Å². The summed E-state index contributed by atoms with van der Waals surface area (Å²) in [6, 6.07) is 11.8. The van der Waals surface area contributed by atoms with Gasteiger partial charge >= 0.3 is 5.63 Å². The summed E-state index contributed by atoms with van der Waals surface area (Å²) in [7, 11) is 0. The minimum Gasteiger partial charge on any atom is -0.421 e. The van der Waals surface area contributed by atoms with Crippen LogP contribution >= 0.6 is 0 Å². The first-order valence-corrected chi connectivity index (χ1v) is 8.61. The summed E-state index contributed by atoms with van der Waals surface area (Å²) in [6.45, 7) is 8.20. The van der Waals surface area contributed by atoms with E-state index in [0.717, 1.165) is 44.3 Å². The van der Waals surface area contributed by atoms with Gasteiger partial charge in [-0.05, 0) is 31.9 Å². The highest BCUT2D eigenvalue weighted by Crippen LogP contribution is 2.21. The van der Waals surface area contributed by atoms with Gasteiger partial charge in [0.2, 0.25) is 0 Å². The van der Waals surface area contributed by atoms with E-state index in [2.05, 4.69) is 18.7 Å². The number of aryl methyl sites for hydroxylation is 1. The van der Waals surface area contributed by atoms with Gasteiger partial charge in [0, 0.05) is 18.7 Å². The van der Waals surface area contributed by atoms with Crippen LogP contribution in [0.25, 0.3) is 11.3 Å². The van der Waals surface area contributed by atoms with Gasteiger partial charge < -0.3 is 9.32 Å². The van der Waals surface area contributed by atoms with E-state index in [-0.39, 0.29) is 5.63 Å². The van der Waals surface area contributed by atoms with Crippen LogP contribution in [0.3, 0.4) is 0 Å². The predicted molar refractivity (Wildman–Crippen MR) is 97.2 cm³/mol. The van der Waals surface area contributed by atoms with Crippen LogP contribution in [0.1, 0.15) is 45.1 Å². The monoisotopic (exact) mass is 313 g/mol. The van der Waals surface area contributed by atoms with E-state index in [0.29, 0.717) is 11.4 Å². The molecule has 0 saturated heterocycles. The highest BCUT2D eigenvalue weighted by molar-refractivity contribution is 5.59. The lowest BCUT2D eigenvalue weighted by atomic mass is 10.1. The molecular weight excluding hydrogens is 286 g/mol. The Balaban J connectivity index is 2.25. The number of benzene rings is 1. The Kier molecular flexibility index (Phi) is 6.45. The van der Waals surface area contributed by atoms with Crippen molar-refractivity contribution in [2.24, 2.45) is 0 Å². The van der Waals surface area contributed by atoms with Crippen molar-refractivity contribution in [1.29, 1.82) is 0 Å². The van der Waals surface area contributed by atoms with Crippen molar-refractivity contribution in [1.82, 2.24) is 0 Å². The molecule has 1 aromatic heterocycles. The van der Waals surface area contributed by atoms with E-state index in [1.807, 2.05) is 43.3 Å².